The minimum absolute atomic E-state index is 0.0442. The third-order valence-corrected chi connectivity index (χ3v) is 11.9. The number of aliphatic hydroxyl groups is 1. The van der Waals surface area contributed by atoms with Crippen LogP contribution in [0.2, 0.25) is 18.6 Å². The fraction of sp³-hybridized carbons (Fsp3) is 0.500. The molecule has 2 N–H and O–H groups in total. The number of ether oxygens (including phenoxy) is 3. The maximum Gasteiger partial charge on any atom is 0.305 e. The van der Waals surface area contributed by atoms with Crippen molar-refractivity contribution >= 4 is 37.6 Å². The third kappa shape index (κ3) is 7.01. The number of aliphatic hydroxyl groups excluding tert-OH is 1. The van der Waals surface area contributed by atoms with E-state index in [1.807, 2.05) is 6.92 Å². The van der Waals surface area contributed by atoms with Gasteiger partial charge in [0.25, 0.3) is 11.8 Å². The summed E-state index contributed by atoms with van der Waals surface area (Å²) in [6.45, 7) is 5.86. The summed E-state index contributed by atoms with van der Waals surface area (Å²) in [5, 5.41) is 20.4. The van der Waals surface area contributed by atoms with Gasteiger partial charge in [0.15, 0.2) is 5.60 Å². The molecule has 2 amide bonds. The van der Waals surface area contributed by atoms with Crippen LogP contribution in [0.15, 0.2) is 48.7 Å². The van der Waals surface area contributed by atoms with E-state index in [9.17, 15) is 19.5 Å². The molecule has 14 heteroatoms. The average molecular weight is 682 g/mol. The predicted octanol–water partition coefficient (Wildman–Crippen LogP) is 4.63. The van der Waals surface area contributed by atoms with Crippen LogP contribution in [0.1, 0.15) is 54.2 Å². The van der Waals surface area contributed by atoms with E-state index in [-0.39, 0.29) is 30.8 Å². The van der Waals surface area contributed by atoms with Gasteiger partial charge in [0.1, 0.15) is 5.75 Å². The zero-order valence-corrected chi connectivity index (χ0v) is 29.1. The van der Waals surface area contributed by atoms with Crippen molar-refractivity contribution in [1.82, 2.24) is 15.0 Å². The molecule has 258 valence electrons. The van der Waals surface area contributed by atoms with Crippen molar-refractivity contribution in [1.29, 1.82) is 0 Å². The molecule has 1 spiro atoms. The van der Waals surface area contributed by atoms with Gasteiger partial charge in [-0.15, -0.1) is 5.10 Å². The number of esters is 1. The SMILES string of the molecule is COC(=O)CCCCN1C(=O)[C@@]2(O[C@@H](CCn3cc(CCO)nn3)[C@H]([Si](C)(C)F)[C@H]2C)c2cc(NC(=O)c3ccc(OC)cc3)ccc21. The van der Waals surface area contributed by atoms with Crippen molar-refractivity contribution in [2.75, 3.05) is 37.6 Å². The molecule has 0 radical (unpaired) electrons. The van der Waals surface area contributed by atoms with E-state index in [1.165, 1.54) is 7.11 Å². The third-order valence-electron chi connectivity index (χ3n) is 9.41. The molecule has 0 unspecified atom stereocenters. The largest absolute Gasteiger partial charge is 0.497 e. The number of anilines is 2. The Balaban J connectivity index is 1.48. The van der Waals surface area contributed by atoms with Crippen molar-refractivity contribution in [2.45, 2.75) is 75.9 Å². The number of carbonyl (C=O) groups is 3. The maximum atomic E-state index is 16.3. The first-order chi connectivity index (χ1) is 22.9. The number of nitrogens with one attached hydrogen (secondary N) is 1. The summed E-state index contributed by atoms with van der Waals surface area (Å²) in [5.41, 5.74) is 0.771. The number of fused-ring (bicyclic) bond motifs is 2. The van der Waals surface area contributed by atoms with Gasteiger partial charge in [0, 0.05) is 67.0 Å². The fourth-order valence-electron chi connectivity index (χ4n) is 7.14. The van der Waals surface area contributed by atoms with Crippen LogP contribution in [-0.2, 0) is 37.6 Å². The molecule has 48 heavy (non-hydrogen) atoms. The number of halogens is 1. The Morgan fingerprint density at radius 1 is 1.12 bits per heavy atom. The predicted molar refractivity (Wildman–Crippen MR) is 179 cm³/mol. The van der Waals surface area contributed by atoms with E-state index in [1.54, 1.807) is 78.4 Å². The number of unbranched alkanes of at least 4 members (excludes halogenated alkanes) is 1. The molecule has 3 heterocycles. The van der Waals surface area contributed by atoms with Crippen molar-refractivity contribution in [3.63, 3.8) is 0 Å². The van der Waals surface area contributed by atoms with Crippen LogP contribution in [0.4, 0.5) is 15.5 Å². The topological polar surface area (TPSA) is 145 Å². The summed E-state index contributed by atoms with van der Waals surface area (Å²) < 4.78 is 34.7. The number of hydrogen-bond donors (Lipinski definition) is 2. The van der Waals surface area contributed by atoms with E-state index < -0.39 is 31.6 Å². The van der Waals surface area contributed by atoms with E-state index in [0.29, 0.717) is 72.7 Å². The average Bonchev–Trinajstić information content (AvgIpc) is 3.71. The van der Waals surface area contributed by atoms with Crippen molar-refractivity contribution < 1.29 is 37.8 Å². The van der Waals surface area contributed by atoms with Gasteiger partial charge in [-0.2, -0.15) is 0 Å². The number of amides is 2. The summed E-state index contributed by atoms with van der Waals surface area (Å²) in [6, 6.07) is 12.0. The van der Waals surface area contributed by atoms with Gasteiger partial charge in [0.2, 0.25) is 8.41 Å². The molecule has 5 rings (SSSR count). The first-order valence-corrected chi connectivity index (χ1v) is 19.2. The smallest absolute Gasteiger partial charge is 0.305 e. The lowest BCUT2D eigenvalue weighted by molar-refractivity contribution is -0.146. The Hall–Kier alpha value is -4.14. The number of carbonyl (C=O) groups excluding carboxylic acids is 3. The molecule has 2 aliphatic rings. The van der Waals surface area contributed by atoms with E-state index in [2.05, 4.69) is 15.6 Å². The Morgan fingerprint density at radius 3 is 2.54 bits per heavy atom. The van der Waals surface area contributed by atoms with E-state index >= 15 is 4.11 Å². The maximum absolute atomic E-state index is 16.3. The lowest BCUT2D eigenvalue weighted by Crippen LogP contribution is -2.45. The van der Waals surface area contributed by atoms with Gasteiger partial charge in [-0.05, 0) is 74.8 Å². The normalized spacial score (nSPS) is 21.9. The zero-order chi connectivity index (χ0) is 34.6. The number of nitrogens with zero attached hydrogens (tertiary/aromatic N) is 4. The summed E-state index contributed by atoms with van der Waals surface area (Å²) in [5.74, 6) is -0.826. The molecule has 0 saturated carbocycles. The first-order valence-electron chi connectivity index (χ1n) is 16.3. The molecule has 12 nitrogen and oxygen atoms in total. The Labute approximate surface area is 280 Å². The molecule has 2 aliphatic heterocycles. The fourth-order valence-corrected chi connectivity index (χ4v) is 9.68. The van der Waals surface area contributed by atoms with E-state index in [0.717, 1.165) is 0 Å². The minimum atomic E-state index is -3.41. The molecule has 1 fully saturated rings. The highest BCUT2D eigenvalue weighted by Crippen LogP contribution is 2.60. The molecular weight excluding hydrogens is 637 g/mol. The summed E-state index contributed by atoms with van der Waals surface area (Å²) in [4.78, 5) is 41.2. The standard InChI is InChI=1S/C34H44FN5O7Si/c1-22-31(48(4,5)35)29(15-18-39-21-25(16-19-41)37-38-39)47-34(22)27-20-24(36-32(43)23-9-12-26(45-2)13-10-23)11-14-28(27)40(33(34)44)17-7-6-8-30(42)46-3/h9-14,20-22,29,31,41H,6-8,15-19H2,1-5H3,(H,36,43)/t22-,29+,31-,34+/m1/s1. The highest BCUT2D eigenvalue weighted by molar-refractivity contribution is 6.72. The first kappa shape index (κ1) is 35.2. The molecule has 1 aromatic heterocycles. The molecule has 0 aliphatic carbocycles. The van der Waals surface area contributed by atoms with Gasteiger partial charge < -0.3 is 33.6 Å². The number of aryl methyl sites for hydroxylation is 1. The van der Waals surface area contributed by atoms with Crippen LogP contribution in [0.3, 0.4) is 0 Å². The van der Waals surface area contributed by atoms with E-state index in [4.69, 9.17) is 14.2 Å². The molecule has 2 aromatic carbocycles. The summed E-state index contributed by atoms with van der Waals surface area (Å²) in [6.07, 6.45) is 3.23. The minimum Gasteiger partial charge on any atom is -0.497 e. The van der Waals surface area contributed by atoms with Crippen LogP contribution in [0, 0.1) is 5.92 Å². The highest BCUT2D eigenvalue weighted by Gasteiger charge is 2.66. The molecule has 1 saturated heterocycles. The second kappa shape index (κ2) is 14.5. The van der Waals surface area contributed by atoms with Crippen LogP contribution < -0.4 is 15.0 Å². The van der Waals surface area contributed by atoms with Crippen LogP contribution in [0.5, 0.6) is 5.75 Å². The van der Waals surface area contributed by atoms with Crippen LogP contribution >= 0.6 is 0 Å². The number of rotatable bonds is 14. The van der Waals surface area contributed by atoms with Gasteiger partial charge >= 0.3 is 5.97 Å². The van der Waals surface area contributed by atoms with Gasteiger partial charge in [-0.25, -0.2) is 0 Å². The van der Waals surface area contributed by atoms with Crippen LogP contribution in [-0.4, -0.2) is 79.8 Å². The number of hydrogen-bond acceptors (Lipinski definition) is 9. The monoisotopic (exact) mass is 681 g/mol. The lowest BCUT2D eigenvalue weighted by Gasteiger charge is -2.31. The molecule has 4 atom stereocenters. The second-order valence-electron chi connectivity index (χ2n) is 12.9. The Bertz CT molecular complexity index is 1630. The van der Waals surface area contributed by atoms with Crippen molar-refractivity contribution in [2.24, 2.45) is 5.92 Å². The zero-order valence-electron chi connectivity index (χ0n) is 28.1. The molecule has 0 bridgehead atoms. The number of benzene rings is 2. The van der Waals surface area contributed by atoms with Crippen molar-refractivity contribution in [3.05, 3.63) is 65.5 Å². The Morgan fingerprint density at radius 2 is 1.88 bits per heavy atom. The summed E-state index contributed by atoms with van der Waals surface area (Å²) >= 11 is 0. The second-order valence-corrected chi connectivity index (χ2v) is 16.7. The van der Waals surface area contributed by atoms with Gasteiger partial charge in [-0.1, -0.05) is 12.1 Å². The Kier molecular flexibility index (Phi) is 10.7. The molecular formula is C34H44FN5O7Si. The number of aromatic nitrogens is 3. The van der Waals surface area contributed by atoms with Crippen LogP contribution in [0.25, 0.3) is 0 Å². The number of methoxy groups -OCH3 is 2. The summed E-state index contributed by atoms with van der Waals surface area (Å²) in [7, 11) is -0.513. The lowest BCUT2D eigenvalue weighted by atomic mass is 9.82. The molecule has 3 aromatic rings. The van der Waals surface area contributed by atoms with Crippen molar-refractivity contribution in [3.8, 4) is 5.75 Å². The van der Waals surface area contributed by atoms with Gasteiger partial charge in [-0.3, -0.25) is 19.1 Å². The van der Waals surface area contributed by atoms with Gasteiger partial charge in [0.05, 0.1) is 31.7 Å². The highest BCUT2D eigenvalue weighted by atomic mass is 28.4. The quantitative estimate of drug-likeness (QED) is 0.108.